The van der Waals surface area contributed by atoms with Crippen LogP contribution < -0.4 is 15.4 Å². The Morgan fingerprint density at radius 2 is 2.13 bits per heavy atom. The molecule has 3 aromatic rings. The van der Waals surface area contributed by atoms with Crippen molar-refractivity contribution in [2.75, 3.05) is 17.2 Å². The van der Waals surface area contributed by atoms with E-state index in [9.17, 15) is 9.59 Å². The first kappa shape index (κ1) is 20.1. The molecule has 0 unspecified atom stereocenters. The number of anilines is 2. The first-order valence-corrected chi connectivity index (χ1v) is 10.8. The normalized spacial score (nSPS) is 12.8. The number of benzene rings is 2. The van der Waals surface area contributed by atoms with Gasteiger partial charge < -0.3 is 15.4 Å². The summed E-state index contributed by atoms with van der Waals surface area (Å²) in [6.45, 7) is 2.51. The van der Waals surface area contributed by atoms with Crippen molar-refractivity contribution in [2.45, 2.75) is 32.6 Å². The number of fused-ring (bicyclic) bond motifs is 1. The lowest BCUT2D eigenvalue weighted by Gasteiger charge is -2.17. The van der Waals surface area contributed by atoms with E-state index >= 15 is 0 Å². The zero-order valence-electron chi connectivity index (χ0n) is 16.7. The molecule has 1 aromatic heterocycles. The van der Waals surface area contributed by atoms with Crippen LogP contribution in [0.3, 0.4) is 0 Å². The average molecular weight is 422 g/mol. The van der Waals surface area contributed by atoms with E-state index in [-0.39, 0.29) is 11.8 Å². The van der Waals surface area contributed by atoms with Gasteiger partial charge in [0.25, 0.3) is 0 Å². The molecule has 30 heavy (non-hydrogen) atoms. The van der Waals surface area contributed by atoms with Crippen LogP contribution in [0.15, 0.2) is 47.8 Å². The highest BCUT2D eigenvalue weighted by molar-refractivity contribution is 7.14. The van der Waals surface area contributed by atoms with Gasteiger partial charge in [0, 0.05) is 29.5 Å². The van der Waals surface area contributed by atoms with E-state index in [1.54, 1.807) is 0 Å². The van der Waals surface area contributed by atoms with Gasteiger partial charge in [0.1, 0.15) is 5.75 Å². The van der Waals surface area contributed by atoms with Crippen molar-refractivity contribution in [2.24, 2.45) is 0 Å². The number of nitrogens with one attached hydrogen (secondary N) is 2. The van der Waals surface area contributed by atoms with Crippen molar-refractivity contribution in [1.29, 1.82) is 0 Å². The van der Waals surface area contributed by atoms with E-state index in [0.717, 1.165) is 40.2 Å². The van der Waals surface area contributed by atoms with Gasteiger partial charge in [0.05, 0.1) is 12.3 Å². The van der Waals surface area contributed by atoms with Crippen LogP contribution in [0.5, 0.6) is 5.75 Å². The Balaban J connectivity index is 1.28. The maximum atomic E-state index is 12.2. The van der Waals surface area contributed by atoms with Crippen LogP contribution in [-0.4, -0.2) is 23.4 Å². The summed E-state index contributed by atoms with van der Waals surface area (Å²) >= 11 is 1.40. The number of nitrogens with zero attached hydrogens (tertiary/aromatic N) is 1. The van der Waals surface area contributed by atoms with Crippen LogP contribution in [-0.2, 0) is 16.0 Å². The summed E-state index contributed by atoms with van der Waals surface area (Å²) in [5, 5.41) is 8.26. The van der Waals surface area contributed by atoms with Crippen LogP contribution in [0.1, 0.15) is 30.4 Å². The maximum absolute atomic E-state index is 12.2. The second kappa shape index (κ2) is 9.09. The largest absolute Gasteiger partial charge is 0.494 e. The fourth-order valence-electron chi connectivity index (χ4n) is 3.32. The molecule has 0 aliphatic carbocycles. The lowest BCUT2D eigenvalue weighted by atomic mass is 9.99. The second-order valence-electron chi connectivity index (χ2n) is 7.27. The summed E-state index contributed by atoms with van der Waals surface area (Å²) in [6, 6.07) is 13.8. The molecule has 6 nitrogen and oxygen atoms in total. The lowest BCUT2D eigenvalue weighted by molar-refractivity contribution is -0.117. The monoisotopic (exact) mass is 421 g/mol. The Labute approximate surface area is 179 Å². The quantitative estimate of drug-likeness (QED) is 0.537. The Hall–Kier alpha value is -3.19. The number of hydrogen-bond donors (Lipinski definition) is 2. The second-order valence-corrected chi connectivity index (χ2v) is 8.13. The molecule has 0 spiro atoms. The minimum Gasteiger partial charge on any atom is -0.494 e. The smallest absolute Gasteiger partial charge is 0.226 e. The number of ether oxygens (including phenoxy) is 1. The van der Waals surface area contributed by atoms with E-state index in [0.29, 0.717) is 31.0 Å². The van der Waals surface area contributed by atoms with Crippen molar-refractivity contribution >= 4 is 34.0 Å². The molecule has 7 heteroatoms. The predicted molar refractivity (Wildman–Crippen MR) is 119 cm³/mol. The number of aromatic nitrogens is 1. The standard InChI is InChI=1S/C23H23N3O3S/c1-15-4-2-5-18(12-15)29-11-3-6-21(27)26-23-25-20(14-30-23)17-7-9-19-16(13-17)8-10-22(28)24-19/h2,4-5,7,9,12-14H,3,6,8,10-11H2,1H3,(H,24,28)(H,25,26,27). The highest BCUT2D eigenvalue weighted by Crippen LogP contribution is 2.30. The van der Waals surface area contributed by atoms with Gasteiger partial charge in [-0.15, -0.1) is 11.3 Å². The molecule has 1 aliphatic rings. The van der Waals surface area contributed by atoms with Crippen LogP contribution in [0.2, 0.25) is 0 Å². The molecule has 0 saturated carbocycles. The fourth-order valence-corrected chi connectivity index (χ4v) is 4.05. The number of aryl methyl sites for hydroxylation is 2. The fraction of sp³-hybridized carbons (Fsp3) is 0.261. The van der Waals surface area contributed by atoms with Gasteiger partial charge in [0.15, 0.2) is 5.13 Å². The number of thiazole rings is 1. The van der Waals surface area contributed by atoms with Crippen molar-refractivity contribution < 1.29 is 14.3 Å². The molecule has 2 N–H and O–H groups in total. The number of hydrogen-bond acceptors (Lipinski definition) is 5. The summed E-state index contributed by atoms with van der Waals surface area (Å²) < 4.78 is 5.68. The van der Waals surface area contributed by atoms with Crippen LogP contribution >= 0.6 is 11.3 Å². The van der Waals surface area contributed by atoms with Crippen LogP contribution in [0.25, 0.3) is 11.3 Å². The molecule has 4 rings (SSSR count). The summed E-state index contributed by atoms with van der Waals surface area (Å²) in [7, 11) is 0. The minimum absolute atomic E-state index is 0.0539. The van der Waals surface area contributed by atoms with Gasteiger partial charge in [-0.2, -0.15) is 0 Å². The predicted octanol–water partition coefficient (Wildman–Crippen LogP) is 4.80. The van der Waals surface area contributed by atoms with E-state index in [4.69, 9.17) is 4.74 Å². The van der Waals surface area contributed by atoms with Crippen molar-refractivity contribution in [3.63, 3.8) is 0 Å². The molecule has 0 saturated heterocycles. The Morgan fingerprint density at radius 1 is 1.23 bits per heavy atom. The zero-order valence-corrected chi connectivity index (χ0v) is 17.6. The van der Waals surface area contributed by atoms with Crippen molar-refractivity contribution in [3.05, 3.63) is 59.0 Å². The van der Waals surface area contributed by atoms with E-state index < -0.39 is 0 Å². The molecule has 2 aromatic carbocycles. The van der Waals surface area contributed by atoms with E-state index in [1.165, 1.54) is 11.3 Å². The summed E-state index contributed by atoms with van der Waals surface area (Å²) in [4.78, 5) is 28.2. The van der Waals surface area contributed by atoms with Crippen LogP contribution in [0.4, 0.5) is 10.8 Å². The first-order chi connectivity index (χ1) is 14.6. The van der Waals surface area contributed by atoms with Gasteiger partial charge in [-0.3, -0.25) is 9.59 Å². The molecule has 0 bridgehead atoms. The van der Waals surface area contributed by atoms with E-state index in [1.807, 2.05) is 48.7 Å². The topological polar surface area (TPSA) is 80.3 Å². The van der Waals surface area contributed by atoms with Gasteiger partial charge in [-0.25, -0.2) is 4.98 Å². The van der Waals surface area contributed by atoms with E-state index in [2.05, 4.69) is 21.7 Å². The molecular formula is C23H23N3O3S. The number of amides is 2. The highest BCUT2D eigenvalue weighted by Gasteiger charge is 2.16. The summed E-state index contributed by atoms with van der Waals surface area (Å²) in [5.74, 6) is 0.805. The van der Waals surface area contributed by atoms with Crippen molar-refractivity contribution in [1.82, 2.24) is 4.98 Å². The summed E-state index contributed by atoms with van der Waals surface area (Å²) in [6.07, 6.45) is 2.24. The Morgan fingerprint density at radius 3 is 3.00 bits per heavy atom. The van der Waals surface area contributed by atoms with Gasteiger partial charge in [-0.1, -0.05) is 18.2 Å². The van der Waals surface area contributed by atoms with Gasteiger partial charge >= 0.3 is 0 Å². The van der Waals surface area contributed by atoms with Crippen LogP contribution in [0, 0.1) is 6.92 Å². The Kier molecular flexibility index (Phi) is 6.09. The molecule has 0 fully saturated rings. The number of rotatable bonds is 7. The SMILES string of the molecule is Cc1cccc(OCCCC(=O)Nc2nc(-c3ccc4c(c3)CCC(=O)N4)cs2)c1. The molecule has 2 amide bonds. The number of carbonyl (C=O) groups is 2. The van der Waals surface area contributed by atoms with Gasteiger partial charge in [0.2, 0.25) is 11.8 Å². The van der Waals surface area contributed by atoms with Gasteiger partial charge in [-0.05, 0) is 55.2 Å². The molecule has 2 heterocycles. The third-order valence-corrected chi connectivity index (χ3v) is 5.61. The highest BCUT2D eigenvalue weighted by atomic mass is 32.1. The third-order valence-electron chi connectivity index (χ3n) is 4.85. The molecule has 0 radical (unpaired) electrons. The zero-order chi connectivity index (χ0) is 20.9. The summed E-state index contributed by atoms with van der Waals surface area (Å²) in [5.41, 5.74) is 4.92. The first-order valence-electron chi connectivity index (χ1n) is 9.95. The molecule has 0 atom stereocenters. The Bertz CT molecular complexity index is 1080. The number of carbonyl (C=O) groups excluding carboxylic acids is 2. The minimum atomic E-state index is -0.0723. The molecule has 154 valence electrons. The lowest BCUT2D eigenvalue weighted by Crippen LogP contribution is -2.18. The average Bonchev–Trinajstić information content (AvgIpc) is 3.19. The molecular weight excluding hydrogens is 398 g/mol. The third kappa shape index (κ3) is 5.04. The van der Waals surface area contributed by atoms with Crippen molar-refractivity contribution in [3.8, 4) is 17.0 Å². The maximum Gasteiger partial charge on any atom is 0.226 e. The molecule has 1 aliphatic heterocycles.